The summed E-state index contributed by atoms with van der Waals surface area (Å²) in [5.74, 6) is 0. The van der Waals surface area contributed by atoms with Gasteiger partial charge in [-0.05, 0) is 19.3 Å². The highest BCUT2D eigenvalue weighted by Crippen LogP contribution is 2.18. The van der Waals surface area contributed by atoms with Crippen molar-refractivity contribution in [1.82, 2.24) is 4.90 Å². The summed E-state index contributed by atoms with van der Waals surface area (Å²) in [5.41, 5.74) is 0. The Hall–Kier alpha value is -0.120. The highest BCUT2D eigenvalue weighted by Gasteiger charge is 2.28. The molecule has 0 bridgehead atoms. The van der Waals surface area contributed by atoms with Crippen LogP contribution in [0.2, 0.25) is 0 Å². The average Bonchev–Trinajstić information content (AvgIpc) is 2.54. The summed E-state index contributed by atoms with van der Waals surface area (Å²) in [6, 6.07) is 0.580. The fourth-order valence-electron chi connectivity index (χ4n) is 2.11. The second kappa shape index (κ2) is 3.73. The lowest BCUT2D eigenvalue weighted by molar-refractivity contribution is 0.0223. The lowest BCUT2D eigenvalue weighted by Gasteiger charge is -2.30. The van der Waals surface area contributed by atoms with E-state index in [0.29, 0.717) is 6.04 Å². The molecule has 0 aliphatic carbocycles. The average molecular weight is 171 g/mol. The van der Waals surface area contributed by atoms with Crippen LogP contribution in [0.3, 0.4) is 0 Å². The lowest BCUT2D eigenvalue weighted by Crippen LogP contribution is -2.40. The van der Waals surface area contributed by atoms with Crippen LogP contribution in [0.4, 0.5) is 0 Å². The standard InChI is InChI=1S/C9H17NO2/c11-9-3-4-10(6-9)8-2-1-5-12-7-8/h8-9,11H,1-7H2/t8?,9-/m1/s1. The SMILES string of the molecule is O[C@@H]1CCN(C2CCCOC2)C1. The van der Waals surface area contributed by atoms with Crippen LogP contribution in [0.1, 0.15) is 19.3 Å². The van der Waals surface area contributed by atoms with E-state index in [9.17, 15) is 5.11 Å². The first kappa shape index (κ1) is 8.48. The first-order chi connectivity index (χ1) is 5.86. The second-order valence-electron chi connectivity index (χ2n) is 3.81. The molecule has 2 heterocycles. The molecule has 3 nitrogen and oxygen atoms in total. The van der Waals surface area contributed by atoms with E-state index in [0.717, 1.165) is 32.7 Å². The van der Waals surface area contributed by atoms with E-state index in [4.69, 9.17) is 4.74 Å². The minimum absolute atomic E-state index is 0.0908. The van der Waals surface area contributed by atoms with Crippen molar-refractivity contribution in [3.05, 3.63) is 0 Å². The van der Waals surface area contributed by atoms with E-state index >= 15 is 0 Å². The number of likely N-dealkylation sites (tertiary alicyclic amines) is 1. The molecule has 0 aromatic carbocycles. The van der Waals surface area contributed by atoms with Crippen LogP contribution in [-0.2, 0) is 4.74 Å². The van der Waals surface area contributed by atoms with Gasteiger partial charge in [0, 0.05) is 25.7 Å². The number of nitrogens with zero attached hydrogens (tertiary/aromatic N) is 1. The highest BCUT2D eigenvalue weighted by molar-refractivity contribution is 4.82. The Morgan fingerprint density at radius 2 is 2.25 bits per heavy atom. The van der Waals surface area contributed by atoms with E-state index < -0.39 is 0 Å². The predicted octanol–water partition coefficient (Wildman–Crippen LogP) is 0.232. The quantitative estimate of drug-likeness (QED) is 0.613. The van der Waals surface area contributed by atoms with Gasteiger partial charge in [-0.15, -0.1) is 0 Å². The van der Waals surface area contributed by atoms with Crippen molar-refractivity contribution in [3.8, 4) is 0 Å². The molecule has 3 heteroatoms. The summed E-state index contributed by atoms with van der Waals surface area (Å²) in [4.78, 5) is 2.36. The molecule has 2 rings (SSSR count). The highest BCUT2D eigenvalue weighted by atomic mass is 16.5. The fraction of sp³-hybridized carbons (Fsp3) is 1.00. The zero-order valence-corrected chi connectivity index (χ0v) is 7.41. The van der Waals surface area contributed by atoms with Crippen molar-refractivity contribution in [3.63, 3.8) is 0 Å². The molecule has 12 heavy (non-hydrogen) atoms. The van der Waals surface area contributed by atoms with Gasteiger partial charge in [0.2, 0.25) is 0 Å². The van der Waals surface area contributed by atoms with Crippen molar-refractivity contribution < 1.29 is 9.84 Å². The Morgan fingerprint density at radius 1 is 1.33 bits per heavy atom. The monoisotopic (exact) mass is 171 g/mol. The molecule has 0 aromatic heterocycles. The topological polar surface area (TPSA) is 32.7 Å². The second-order valence-corrected chi connectivity index (χ2v) is 3.81. The maximum atomic E-state index is 9.35. The number of rotatable bonds is 1. The first-order valence-corrected chi connectivity index (χ1v) is 4.86. The minimum atomic E-state index is -0.0908. The van der Waals surface area contributed by atoms with Gasteiger partial charge in [-0.25, -0.2) is 0 Å². The third-order valence-electron chi connectivity index (χ3n) is 2.85. The normalized spacial score (nSPS) is 38.8. The van der Waals surface area contributed by atoms with E-state index in [1.54, 1.807) is 0 Å². The van der Waals surface area contributed by atoms with Crippen molar-refractivity contribution in [2.75, 3.05) is 26.3 Å². The molecule has 2 aliphatic heterocycles. The zero-order valence-electron chi connectivity index (χ0n) is 7.41. The third kappa shape index (κ3) is 1.79. The van der Waals surface area contributed by atoms with E-state index in [1.807, 2.05) is 0 Å². The number of aliphatic hydroxyl groups excluding tert-OH is 1. The molecule has 70 valence electrons. The number of hydrogen-bond donors (Lipinski definition) is 1. The molecule has 1 N–H and O–H groups in total. The lowest BCUT2D eigenvalue weighted by atomic mass is 10.1. The van der Waals surface area contributed by atoms with Gasteiger partial charge in [0.15, 0.2) is 0 Å². The molecule has 1 unspecified atom stereocenters. The number of β-amino-alcohol motifs (C(OH)–C–C–N with tert-alkyl or cyclic N) is 1. The maximum Gasteiger partial charge on any atom is 0.0679 e. The molecule has 0 spiro atoms. The van der Waals surface area contributed by atoms with Gasteiger partial charge in [0.05, 0.1) is 12.7 Å². The van der Waals surface area contributed by atoms with Crippen LogP contribution >= 0.6 is 0 Å². The first-order valence-electron chi connectivity index (χ1n) is 4.86. The molecular formula is C9H17NO2. The Labute approximate surface area is 73.3 Å². The van der Waals surface area contributed by atoms with Crippen LogP contribution in [-0.4, -0.2) is 48.5 Å². The summed E-state index contributed by atoms with van der Waals surface area (Å²) < 4.78 is 5.41. The number of hydrogen-bond acceptors (Lipinski definition) is 3. The summed E-state index contributed by atoms with van der Waals surface area (Å²) in [7, 11) is 0. The van der Waals surface area contributed by atoms with Gasteiger partial charge in [-0.1, -0.05) is 0 Å². The third-order valence-corrected chi connectivity index (χ3v) is 2.85. The molecule has 0 saturated carbocycles. The van der Waals surface area contributed by atoms with Crippen molar-refractivity contribution in [2.24, 2.45) is 0 Å². The number of ether oxygens (including phenoxy) is 1. The molecule has 2 fully saturated rings. The smallest absolute Gasteiger partial charge is 0.0679 e. The Bertz CT molecular complexity index is 143. The molecule has 2 atom stereocenters. The van der Waals surface area contributed by atoms with Gasteiger partial charge in [-0.3, -0.25) is 4.90 Å². The van der Waals surface area contributed by atoms with Crippen molar-refractivity contribution in [2.45, 2.75) is 31.4 Å². The van der Waals surface area contributed by atoms with Crippen LogP contribution < -0.4 is 0 Å². The van der Waals surface area contributed by atoms with Gasteiger partial charge >= 0.3 is 0 Å². The molecule has 2 saturated heterocycles. The van der Waals surface area contributed by atoms with Crippen molar-refractivity contribution >= 4 is 0 Å². The van der Waals surface area contributed by atoms with Gasteiger partial charge in [0.1, 0.15) is 0 Å². The van der Waals surface area contributed by atoms with Crippen LogP contribution in [0.15, 0.2) is 0 Å². The predicted molar refractivity (Wildman–Crippen MR) is 46.0 cm³/mol. The number of aliphatic hydroxyl groups is 1. The minimum Gasteiger partial charge on any atom is -0.392 e. The van der Waals surface area contributed by atoms with Crippen LogP contribution in [0, 0.1) is 0 Å². The molecule has 0 radical (unpaired) electrons. The molecule has 0 amide bonds. The molecule has 0 aromatic rings. The van der Waals surface area contributed by atoms with Gasteiger partial charge < -0.3 is 9.84 Å². The Kier molecular flexibility index (Phi) is 2.63. The summed E-state index contributed by atoms with van der Waals surface area (Å²) in [5, 5.41) is 9.35. The zero-order chi connectivity index (χ0) is 8.39. The van der Waals surface area contributed by atoms with E-state index in [-0.39, 0.29) is 6.10 Å². The molecular weight excluding hydrogens is 154 g/mol. The largest absolute Gasteiger partial charge is 0.392 e. The van der Waals surface area contributed by atoms with Crippen LogP contribution in [0.5, 0.6) is 0 Å². The summed E-state index contributed by atoms with van der Waals surface area (Å²) in [6.07, 6.45) is 3.27. The van der Waals surface area contributed by atoms with E-state index in [2.05, 4.69) is 4.90 Å². The fourth-order valence-corrected chi connectivity index (χ4v) is 2.11. The maximum absolute atomic E-state index is 9.35. The summed E-state index contributed by atoms with van der Waals surface area (Å²) >= 11 is 0. The Balaban J connectivity index is 1.83. The van der Waals surface area contributed by atoms with E-state index in [1.165, 1.54) is 12.8 Å². The molecule has 2 aliphatic rings. The van der Waals surface area contributed by atoms with Gasteiger partial charge in [-0.2, -0.15) is 0 Å². The van der Waals surface area contributed by atoms with Gasteiger partial charge in [0.25, 0.3) is 0 Å². The van der Waals surface area contributed by atoms with Crippen LogP contribution in [0.25, 0.3) is 0 Å². The Morgan fingerprint density at radius 3 is 2.83 bits per heavy atom. The summed E-state index contributed by atoms with van der Waals surface area (Å²) in [6.45, 7) is 3.70. The van der Waals surface area contributed by atoms with Crippen molar-refractivity contribution in [1.29, 1.82) is 0 Å².